The van der Waals surface area contributed by atoms with Gasteiger partial charge in [-0.2, -0.15) is 4.98 Å². The van der Waals surface area contributed by atoms with E-state index in [1.165, 1.54) is 0 Å². The van der Waals surface area contributed by atoms with Gasteiger partial charge >= 0.3 is 0 Å². The molecule has 3 rings (SSSR count). The van der Waals surface area contributed by atoms with Gasteiger partial charge in [0.15, 0.2) is 5.82 Å². The molecule has 1 amide bonds. The van der Waals surface area contributed by atoms with Crippen LogP contribution in [0.2, 0.25) is 5.02 Å². The van der Waals surface area contributed by atoms with Crippen LogP contribution in [0.4, 0.5) is 5.69 Å². The first-order chi connectivity index (χ1) is 10.7. The van der Waals surface area contributed by atoms with Crippen molar-refractivity contribution in [2.45, 2.75) is 6.42 Å². The Morgan fingerprint density at radius 3 is 2.73 bits per heavy atom. The van der Waals surface area contributed by atoms with E-state index in [0.717, 1.165) is 5.56 Å². The number of benzene rings is 2. The summed E-state index contributed by atoms with van der Waals surface area (Å²) in [5.41, 5.74) is 1.45. The minimum Gasteiger partial charge on any atom is -0.334 e. The normalized spacial score (nSPS) is 10.4. The molecule has 5 nitrogen and oxygen atoms in total. The van der Waals surface area contributed by atoms with Crippen molar-refractivity contribution in [1.29, 1.82) is 0 Å². The number of anilines is 1. The number of rotatable bonds is 4. The fourth-order valence-electron chi connectivity index (χ4n) is 1.94. The highest BCUT2D eigenvalue weighted by molar-refractivity contribution is 6.30. The molecule has 0 aliphatic carbocycles. The molecule has 0 atom stereocenters. The lowest BCUT2D eigenvalue weighted by atomic mass is 10.2. The van der Waals surface area contributed by atoms with E-state index in [-0.39, 0.29) is 12.3 Å². The zero-order valence-corrected chi connectivity index (χ0v) is 12.2. The van der Waals surface area contributed by atoms with E-state index >= 15 is 0 Å². The molecular weight excluding hydrogens is 302 g/mol. The maximum absolute atomic E-state index is 12.0. The van der Waals surface area contributed by atoms with Crippen LogP contribution in [0.25, 0.3) is 11.5 Å². The van der Waals surface area contributed by atoms with Crippen molar-refractivity contribution in [2.24, 2.45) is 0 Å². The van der Waals surface area contributed by atoms with E-state index in [1.807, 2.05) is 30.3 Å². The van der Waals surface area contributed by atoms with Crippen LogP contribution in [0.5, 0.6) is 0 Å². The van der Waals surface area contributed by atoms with Crippen LogP contribution in [-0.4, -0.2) is 16.0 Å². The molecule has 0 unspecified atom stereocenters. The molecule has 22 heavy (non-hydrogen) atoms. The number of carbonyl (C=O) groups is 1. The molecule has 0 aliphatic heterocycles. The number of nitrogens with zero attached hydrogens (tertiary/aromatic N) is 2. The number of aromatic nitrogens is 2. The largest absolute Gasteiger partial charge is 0.334 e. The van der Waals surface area contributed by atoms with Crippen LogP contribution >= 0.6 is 11.6 Å². The first-order valence-electron chi connectivity index (χ1n) is 6.64. The van der Waals surface area contributed by atoms with Crippen LogP contribution in [0.3, 0.4) is 0 Å². The average Bonchev–Trinajstić information content (AvgIpc) is 2.96. The number of hydrogen-bond donors (Lipinski definition) is 1. The van der Waals surface area contributed by atoms with Crippen LogP contribution in [-0.2, 0) is 11.2 Å². The molecule has 0 spiro atoms. The summed E-state index contributed by atoms with van der Waals surface area (Å²) in [5.74, 6) is 0.493. The molecule has 3 aromatic rings. The molecule has 0 saturated heterocycles. The lowest BCUT2D eigenvalue weighted by Gasteiger charge is -2.03. The van der Waals surface area contributed by atoms with Gasteiger partial charge in [0.1, 0.15) is 0 Å². The van der Waals surface area contributed by atoms with E-state index in [0.29, 0.717) is 22.4 Å². The number of carbonyl (C=O) groups excluding carboxylic acids is 1. The van der Waals surface area contributed by atoms with Crippen molar-refractivity contribution >= 4 is 23.2 Å². The Kier molecular flexibility index (Phi) is 4.16. The van der Waals surface area contributed by atoms with Gasteiger partial charge in [-0.1, -0.05) is 41.0 Å². The van der Waals surface area contributed by atoms with Crippen molar-refractivity contribution in [1.82, 2.24) is 10.1 Å². The zero-order valence-electron chi connectivity index (χ0n) is 11.5. The van der Waals surface area contributed by atoms with Crippen LogP contribution in [0.15, 0.2) is 59.1 Å². The first-order valence-corrected chi connectivity index (χ1v) is 7.02. The standard InChI is InChI=1S/C16H12ClN3O2/c17-12-7-4-8-13(9-12)18-15(21)10-14-19-16(22-20-14)11-5-2-1-3-6-11/h1-9H,10H2,(H,18,21). The smallest absolute Gasteiger partial charge is 0.257 e. The first kappa shape index (κ1) is 14.3. The molecule has 6 heteroatoms. The van der Waals surface area contributed by atoms with Gasteiger partial charge in [0.25, 0.3) is 5.89 Å². The third-order valence-corrected chi connectivity index (χ3v) is 3.15. The SMILES string of the molecule is O=C(Cc1noc(-c2ccccc2)n1)Nc1cccc(Cl)c1. The number of nitrogens with one attached hydrogen (secondary N) is 1. The maximum Gasteiger partial charge on any atom is 0.257 e. The second-order valence-corrected chi connectivity index (χ2v) is 5.05. The van der Waals surface area contributed by atoms with Gasteiger partial charge in [0.05, 0.1) is 6.42 Å². The van der Waals surface area contributed by atoms with Crippen molar-refractivity contribution in [3.05, 3.63) is 65.4 Å². The second kappa shape index (κ2) is 6.41. The molecule has 1 heterocycles. The van der Waals surface area contributed by atoms with E-state index in [1.54, 1.807) is 24.3 Å². The van der Waals surface area contributed by atoms with Crippen LogP contribution in [0.1, 0.15) is 5.82 Å². The minimum absolute atomic E-state index is 0.0306. The molecular formula is C16H12ClN3O2. The average molecular weight is 314 g/mol. The summed E-state index contributed by atoms with van der Waals surface area (Å²) >= 11 is 5.87. The Balaban J connectivity index is 1.66. The minimum atomic E-state index is -0.234. The molecule has 1 aromatic heterocycles. The molecule has 0 radical (unpaired) electrons. The predicted octanol–water partition coefficient (Wildman–Crippen LogP) is 3.57. The Hall–Kier alpha value is -2.66. The van der Waals surface area contributed by atoms with Gasteiger partial charge in [-0.05, 0) is 30.3 Å². The quantitative estimate of drug-likeness (QED) is 0.799. The van der Waals surface area contributed by atoms with Crippen molar-refractivity contribution in [3.63, 3.8) is 0 Å². The Morgan fingerprint density at radius 1 is 1.14 bits per heavy atom. The summed E-state index contributed by atoms with van der Waals surface area (Å²) in [6.07, 6.45) is 0.0306. The van der Waals surface area contributed by atoms with Gasteiger partial charge in [0.2, 0.25) is 5.91 Å². The Labute approximate surface area is 131 Å². The lowest BCUT2D eigenvalue weighted by molar-refractivity contribution is -0.115. The van der Waals surface area contributed by atoms with Gasteiger partial charge in [-0.15, -0.1) is 0 Å². The van der Waals surface area contributed by atoms with Gasteiger partial charge in [-0.3, -0.25) is 4.79 Å². The van der Waals surface area contributed by atoms with Crippen molar-refractivity contribution in [2.75, 3.05) is 5.32 Å². The van der Waals surface area contributed by atoms with E-state index < -0.39 is 0 Å². The highest BCUT2D eigenvalue weighted by Crippen LogP contribution is 2.17. The molecule has 0 saturated carbocycles. The van der Waals surface area contributed by atoms with Crippen LogP contribution in [0, 0.1) is 0 Å². The van der Waals surface area contributed by atoms with E-state index in [9.17, 15) is 4.79 Å². The molecule has 1 N–H and O–H groups in total. The topological polar surface area (TPSA) is 68.0 Å². The van der Waals surface area contributed by atoms with Crippen LogP contribution < -0.4 is 5.32 Å². The Morgan fingerprint density at radius 2 is 1.95 bits per heavy atom. The predicted molar refractivity (Wildman–Crippen MR) is 83.5 cm³/mol. The molecule has 2 aromatic carbocycles. The number of halogens is 1. The molecule has 0 fully saturated rings. The summed E-state index contributed by atoms with van der Waals surface area (Å²) < 4.78 is 5.16. The van der Waals surface area contributed by atoms with Gasteiger partial charge < -0.3 is 9.84 Å². The summed E-state index contributed by atoms with van der Waals surface area (Å²) in [7, 11) is 0. The fourth-order valence-corrected chi connectivity index (χ4v) is 2.13. The van der Waals surface area contributed by atoms with Gasteiger partial charge in [0, 0.05) is 16.3 Å². The van der Waals surface area contributed by atoms with Gasteiger partial charge in [-0.25, -0.2) is 0 Å². The fraction of sp³-hybridized carbons (Fsp3) is 0.0625. The third-order valence-electron chi connectivity index (χ3n) is 2.92. The van der Waals surface area contributed by atoms with Crippen molar-refractivity contribution in [3.8, 4) is 11.5 Å². The monoisotopic (exact) mass is 313 g/mol. The summed E-state index contributed by atoms with van der Waals surface area (Å²) in [4.78, 5) is 16.2. The van der Waals surface area contributed by atoms with E-state index in [4.69, 9.17) is 16.1 Å². The molecule has 110 valence electrons. The Bertz CT molecular complexity index is 787. The van der Waals surface area contributed by atoms with Crippen molar-refractivity contribution < 1.29 is 9.32 Å². The number of amides is 1. The highest BCUT2D eigenvalue weighted by Gasteiger charge is 2.12. The highest BCUT2D eigenvalue weighted by atomic mass is 35.5. The zero-order chi connectivity index (χ0) is 15.4. The lowest BCUT2D eigenvalue weighted by Crippen LogP contribution is -2.15. The molecule has 0 bridgehead atoms. The summed E-state index contributed by atoms with van der Waals surface area (Å²) in [6.45, 7) is 0. The molecule has 0 aliphatic rings. The third kappa shape index (κ3) is 3.51. The summed E-state index contributed by atoms with van der Waals surface area (Å²) in [5, 5.41) is 7.11. The summed E-state index contributed by atoms with van der Waals surface area (Å²) in [6, 6.07) is 16.3. The van der Waals surface area contributed by atoms with E-state index in [2.05, 4.69) is 15.5 Å². The second-order valence-electron chi connectivity index (χ2n) is 4.62. The number of hydrogen-bond acceptors (Lipinski definition) is 4. The maximum atomic E-state index is 12.0.